The number of amides is 1. The number of piperidine rings is 1. The first kappa shape index (κ1) is 20.5. The van der Waals surface area contributed by atoms with Crippen molar-refractivity contribution in [2.24, 2.45) is 5.92 Å². The molecule has 0 saturated carbocycles. The van der Waals surface area contributed by atoms with E-state index < -0.39 is 0 Å². The third kappa shape index (κ3) is 3.94. The van der Waals surface area contributed by atoms with Crippen LogP contribution in [-0.4, -0.2) is 23.9 Å². The standard InChI is InChI=1S/C26H25FN2O3/c1-17-11-13-29(14-12-17)24(18-6-4-7-19(27)16-18)25-23(20-8-2-3-9-21(20)32-25)28-26(30)22-10-5-15-31-22/h2-10,15-17,24H,11-14H2,1H3,(H,28,30)/t24-/m0/s1. The molecule has 0 bridgehead atoms. The zero-order valence-electron chi connectivity index (χ0n) is 17.9. The van der Waals surface area contributed by atoms with E-state index in [9.17, 15) is 9.18 Å². The van der Waals surface area contributed by atoms with Crippen molar-refractivity contribution in [3.05, 3.63) is 89.8 Å². The first-order chi connectivity index (χ1) is 15.6. The predicted molar refractivity (Wildman–Crippen MR) is 121 cm³/mol. The number of hydrogen-bond acceptors (Lipinski definition) is 4. The number of anilines is 1. The molecule has 1 aliphatic rings. The van der Waals surface area contributed by atoms with Crippen molar-refractivity contribution in [3.63, 3.8) is 0 Å². The van der Waals surface area contributed by atoms with Crippen LogP contribution in [0.1, 0.15) is 47.7 Å². The molecule has 0 spiro atoms. The zero-order valence-corrected chi connectivity index (χ0v) is 17.9. The van der Waals surface area contributed by atoms with Crippen molar-refractivity contribution in [3.8, 4) is 0 Å². The number of fused-ring (bicyclic) bond motifs is 1. The summed E-state index contributed by atoms with van der Waals surface area (Å²) in [7, 11) is 0. The van der Waals surface area contributed by atoms with Gasteiger partial charge in [-0.3, -0.25) is 9.69 Å². The quantitative estimate of drug-likeness (QED) is 0.406. The smallest absolute Gasteiger partial charge is 0.291 e. The Labute approximate surface area is 185 Å². The van der Waals surface area contributed by atoms with E-state index in [4.69, 9.17) is 8.83 Å². The zero-order chi connectivity index (χ0) is 22.1. The summed E-state index contributed by atoms with van der Waals surface area (Å²) in [5.41, 5.74) is 2.06. The number of hydrogen-bond donors (Lipinski definition) is 1. The van der Waals surface area contributed by atoms with Crippen LogP contribution in [0.4, 0.5) is 10.1 Å². The van der Waals surface area contributed by atoms with E-state index in [1.165, 1.54) is 12.3 Å². The number of rotatable bonds is 5. The van der Waals surface area contributed by atoms with Gasteiger partial charge in [0.15, 0.2) is 5.76 Å². The van der Waals surface area contributed by atoms with Crippen molar-refractivity contribution >= 4 is 22.6 Å². The van der Waals surface area contributed by atoms with Gasteiger partial charge in [0.1, 0.15) is 17.2 Å². The van der Waals surface area contributed by atoms with Gasteiger partial charge < -0.3 is 14.2 Å². The fourth-order valence-corrected chi connectivity index (χ4v) is 4.46. The molecule has 1 N–H and O–H groups in total. The third-order valence-electron chi connectivity index (χ3n) is 6.20. The number of carbonyl (C=O) groups is 1. The molecule has 1 aliphatic heterocycles. The number of nitrogens with one attached hydrogen (secondary N) is 1. The molecule has 0 aliphatic carbocycles. The lowest BCUT2D eigenvalue weighted by atomic mass is 9.94. The summed E-state index contributed by atoms with van der Waals surface area (Å²) >= 11 is 0. The number of furan rings is 2. The van der Waals surface area contributed by atoms with Gasteiger partial charge in [-0.25, -0.2) is 4.39 Å². The van der Waals surface area contributed by atoms with Gasteiger partial charge in [-0.2, -0.15) is 0 Å². The number of para-hydroxylation sites is 1. The average Bonchev–Trinajstić information content (AvgIpc) is 3.45. The summed E-state index contributed by atoms with van der Waals surface area (Å²) in [6.45, 7) is 3.99. The van der Waals surface area contributed by atoms with E-state index in [0.29, 0.717) is 22.9 Å². The Morgan fingerprint density at radius 2 is 1.91 bits per heavy atom. The van der Waals surface area contributed by atoms with Crippen LogP contribution in [0, 0.1) is 11.7 Å². The van der Waals surface area contributed by atoms with Gasteiger partial charge in [0.25, 0.3) is 5.91 Å². The minimum Gasteiger partial charge on any atom is -0.459 e. The molecule has 1 atom stereocenters. The molecule has 32 heavy (non-hydrogen) atoms. The van der Waals surface area contributed by atoms with Crippen molar-refractivity contribution in [2.45, 2.75) is 25.8 Å². The minimum absolute atomic E-state index is 0.218. The monoisotopic (exact) mass is 432 g/mol. The summed E-state index contributed by atoms with van der Waals surface area (Å²) in [5.74, 6) is 0.818. The highest BCUT2D eigenvalue weighted by atomic mass is 19.1. The summed E-state index contributed by atoms with van der Waals surface area (Å²) in [6, 6.07) is 17.2. The van der Waals surface area contributed by atoms with Crippen molar-refractivity contribution < 1.29 is 18.0 Å². The Morgan fingerprint density at radius 1 is 1.09 bits per heavy atom. The first-order valence-corrected chi connectivity index (χ1v) is 11.0. The van der Waals surface area contributed by atoms with E-state index in [0.717, 1.165) is 36.9 Å². The maximum atomic E-state index is 14.2. The third-order valence-corrected chi connectivity index (χ3v) is 6.20. The highest BCUT2D eigenvalue weighted by molar-refractivity contribution is 6.08. The van der Waals surface area contributed by atoms with Crippen LogP contribution in [0.2, 0.25) is 0 Å². The van der Waals surface area contributed by atoms with Gasteiger partial charge in [0.05, 0.1) is 18.0 Å². The number of likely N-dealkylation sites (tertiary alicyclic amines) is 1. The van der Waals surface area contributed by atoms with Gasteiger partial charge in [0, 0.05) is 5.39 Å². The van der Waals surface area contributed by atoms with Gasteiger partial charge >= 0.3 is 0 Å². The van der Waals surface area contributed by atoms with E-state index >= 15 is 0 Å². The maximum absolute atomic E-state index is 14.2. The Bertz CT molecular complexity index is 1220. The van der Waals surface area contributed by atoms with Gasteiger partial charge in [-0.15, -0.1) is 0 Å². The van der Waals surface area contributed by atoms with E-state index in [1.54, 1.807) is 24.3 Å². The Morgan fingerprint density at radius 3 is 2.66 bits per heavy atom. The lowest BCUT2D eigenvalue weighted by Crippen LogP contribution is -2.37. The second-order valence-corrected chi connectivity index (χ2v) is 8.44. The molecule has 5 rings (SSSR count). The van der Waals surface area contributed by atoms with Crippen molar-refractivity contribution in [2.75, 3.05) is 18.4 Å². The molecule has 3 heterocycles. The molecular formula is C26H25FN2O3. The molecule has 6 heteroatoms. The van der Waals surface area contributed by atoms with Crippen LogP contribution in [0.25, 0.3) is 11.0 Å². The normalized spacial score (nSPS) is 16.3. The maximum Gasteiger partial charge on any atom is 0.291 e. The molecular weight excluding hydrogens is 407 g/mol. The molecule has 4 aromatic rings. The van der Waals surface area contributed by atoms with Crippen LogP contribution >= 0.6 is 0 Å². The average molecular weight is 432 g/mol. The van der Waals surface area contributed by atoms with E-state index in [2.05, 4.69) is 17.1 Å². The minimum atomic E-state index is -0.354. The SMILES string of the molecule is CC1CCN([C@@H](c2cccc(F)c2)c2oc3ccccc3c2NC(=O)c2ccco2)CC1. The summed E-state index contributed by atoms with van der Waals surface area (Å²) in [4.78, 5) is 15.2. The molecule has 1 amide bonds. The summed E-state index contributed by atoms with van der Waals surface area (Å²) < 4.78 is 25.9. The Balaban J connectivity index is 1.64. The lowest BCUT2D eigenvalue weighted by molar-refractivity contribution is 0.0995. The summed E-state index contributed by atoms with van der Waals surface area (Å²) in [5, 5.41) is 3.80. The van der Waals surface area contributed by atoms with Crippen LogP contribution in [-0.2, 0) is 0 Å². The van der Waals surface area contributed by atoms with Crippen LogP contribution in [0.15, 0.2) is 75.8 Å². The van der Waals surface area contributed by atoms with E-state index in [-0.39, 0.29) is 23.5 Å². The van der Waals surface area contributed by atoms with Crippen molar-refractivity contribution in [1.29, 1.82) is 0 Å². The predicted octanol–water partition coefficient (Wildman–Crippen LogP) is 6.24. The largest absolute Gasteiger partial charge is 0.459 e. The number of benzene rings is 2. The van der Waals surface area contributed by atoms with Crippen LogP contribution < -0.4 is 5.32 Å². The fourth-order valence-electron chi connectivity index (χ4n) is 4.46. The van der Waals surface area contributed by atoms with Crippen LogP contribution in [0.3, 0.4) is 0 Å². The summed E-state index contributed by atoms with van der Waals surface area (Å²) in [6.07, 6.45) is 3.58. The lowest BCUT2D eigenvalue weighted by Gasteiger charge is -2.36. The molecule has 2 aromatic carbocycles. The van der Waals surface area contributed by atoms with Gasteiger partial charge in [0.2, 0.25) is 0 Å². The highest BCUT2D eigenvalue weighted by Crippen LogP contribution is 2.41. The molecule has 1 saturated heterocycles. The second kappa shape index (κ2) is 8.63. The first-order valence-electron chi connectivity index (χ1n) is 11.0. The fraction of sp³-hybridized carbons (Fsp3) is 0.269. The molecule has 2 aromatic heterocycles. The molecule has 0 radical (unpaired) electrons. The molecule has 5 nitrogen and oxygen atoms in total. The Kier molecular flexibility index (Phi) is 5.53. The second-order valence-electron chi connectivity index (χ2n) is 8.44. The Hall–Kier alpha value is -3.38. The highest BCUT2D eigenvalue weighted by Gasteiger charge is 2.32. The van der Waals surface area contributed by atoms with Crippen LogP contribution in [0.5, 0.6) is 0 Å². The molecule has 0 unspecified atom stereocenters. The van der Waals surface area contributed by atoms with Crippen molar-refractivity contribution in [1.82, 2.24) is 4.90 Å². The van der Waals surface area contributed by atoms with Gasteiger partial charge in [-0.05, 0) is 73.8 Å². The van der Waals surface area contributed by atoms with E-state index in [1.807, 2.05) is 30.3 Å². The molecule has 1 fully saturated rings. The topological polar surface area (TPSA) is 58.6 Å². The number of nitrogens with zero attached hydrogens (tertiary/aromatic N) is 1. The van der Waals surface area contributed by atoms with Gasteiger partial charge in [-0.1, -0.05) is 31.2 Å². The number of halogens is 1. The molecule has 164 valence electrons. The number of carbonyl (C=O) groups excluding carboxylic acids is 1.